The number of esters is 1. The highest BCUT2D eigenvalue weighted by Crippen LogP contribution is 2.14. The van der Waals surface area contributed by atoms with Crippen LogP contribution in [0.3, 0.4) is 0 Å². The predicted octanol–water partition coefficient (Wildman–Crippen LogP) is 7.24. The van der Waals surface area contributed by atoms with Gasteiger partial charge in [-0.1, -0.05) is 124 Å². The minimum absolute atomic E-state index is 0.0299. The molecular weight excluding hydrogens is 452 g/mol. The Balaban J connectivity index is 3.78. The summed E-state index contributed by atoms with van der Waals surface area (Å²) in [6.45, 7) is 8.92. The van der Waals surface area contributed by atoms with E-state index in [4.69, 9.17) is 4.74 Å². The Morgan fingerprint density at radius 2 is 1.14 bits per heavy atom. The lowest BCUT2D eigenvalue weighted by atomic mass is 9.98. The lowest BCUT2D eigenvalue weighted by Gasteiger charge is -2.23. The maximum atomic E-state index is 12.7. The van der Waals surface area contributed by atoms with Crippen molar-refractivity contribution in [2.24, 2.45) is 5.92 Å². The van der Waals surface area contributed by atoms with Gasteiger partial charge in [-0.2, -0.15) is 0 Å². The third kappa shape index (κ3) is 20.6. The molecule has 0 saturated heterocycles. The molecule has 6 heteroatoms. The average molecular weight is 511 g/mol. The summed E-state index contributed by atoms with van der Waals surface area (Å²) in [7, 11) is 0. The molecule has 0 rings (SSSR count). The van der Waals surface area contributed by atoms with E-state index in [2.05, 4.69) is 17.6 Å². The Morgan fingerprint density at radius 1 is 0.667 bits per heavy atom. The Labute approximate surface area is 222 Å². The van der Waals surface area contributed by atoms with Crippen molar-refractivity contribution in [3.05, 3.63) is 0 Å². The van der Waals surface area contributed by atoms with Gasteiger partial charge in [-0.15, -0.1) is 0 Å². The molecule has 0 bridgehead atoms. The van der Waals surface area contributed by atoms with E-state index in [1.165, 1.54) is 89.9 Å². The summed E-state index contributed by atoms with van der Waals surface area (Å²) in [6.07, 6.45) is 22.1. The quantitative estimate of drug-likeness (QED) is 0.100. The van der Waals surface area contributed by atoms with Crippen LogP contribution in [0, 0.1) is 5.92 Å². The standard InChI is InChI=1S/C30H58N2O4/c1-5-8-9-10-11-12-13-14-15-16-17-18-19-20-21-22-25-31-30(35)29(26(4)6-2)32-27(33)23-24-28(34)36-7-3/h26,29H,5-25H2,1-4H3,(H,31,35)(H,32,33)/t26-,29-/m0/s1. The lowest BCUT2D eigenvalue weighted by Crippen LogP contribution is -2.50. The smallest absolute Gasteiger partial charge is 0.306 e. The summed E-state index contributed by atoms with van der Waals surface area (Å²) in [4.78, 5) is 36.3. The molecule has 0 aliphatic rings. The fourth-order valence-corrected chi connectivity index (χ4v) is 4.39. The van der Waals surface area contributed by atoms with Gasteiger partial charge in [0, 0.05) is 13.0 Å². The summed E-state index contributed by atoms with van der Waals surface area (Å²) in [6, 6.07) is -0.564. The summed E-state index contributed by atoms with van der Waals surface area (Å²) in [5, 5.41) is 5.81. The van der Waals surface area contributed by atoms with E-state index in [1.54, 1.807) is 6.92 Å². The van der Waals surface area contributed by atoms with Gasteiger partial charge >= 0.3 is 5.97 Å². The molecule has 6 nitrogen and oxygen atoms in total. The SMILES string of the molecule is CCCCCCCCCCCCCCCCCCNC(=O)[C@@H](NC(=O)CCC(=O)OCC)[C@@H](C)CC. The molecule has 212 valence electrons. The number of carbonyl (C=O) groups excluding carboxylic acids is 3. The molecule has 0 aromatic carbocycles. The summed E-state index contributed by atoms with van der Waals surface area (Å²) >= 11 is 0. The van der Waals surface area contributed by atoms with Gasteiger partial charge in [0.25, 0.3) is 0 Å². The largest absolute Gasteiger partial charge is 0.466 e. The van der Waals surface area contributed by atoms with Gasteiger partial charge in [-0.3, -0.25) is 14.4 Å². The van der Waals surface area contributed by atoms with Gasteiger partial charge in [0.05, 0.1) is 13.0 Å². The fourth-order valence-electron chi connectivity index (χ4n) is 4.39. The van der Waals surface area contributed by atoms with Gasteiger partial charge in [0.2, 0.25) is 11.8 Å². The first kappa shape index (κ1) is 34.4. The first-order valence-corrected chi connectivity index (χ1v) is 15.2. The number of hydrogen-bond acceptors (Lipinski definition) is 4. The van der Waals surface area contributed by atoms with E-state index in [9.17, 15) is 14.4 Å². The van der Waals surface area contributed by atoms with Crippen LogP contribution in [0.5, 0.6) is 0 Å². The number of carbonyl (C=O) groups is 3. The second-order valence-corrected chi connectivity index (χ2v) is 10.3. The second-order valence-electron chi connectivity index (χ2n) is 10.3. The third-order valence-corrected chi connectivity index (χ3v) is 7.00. The van der Waals surface area contributed by atoms with Gasteiger partial charge in [0.15, 0.2) is 0 Å². The van der Waals surface area contributed by atoms with E-state index in [0.717, 1.165) is 19.3 Å². The van der Waals surface area contributed by atoms with Crippen molar-refractivity contribution in [2.45, 2.75) is 156 Å². The molecule has 36 heavy (non-hydrogen) atoms. The van der Waals surface area contributed by atoms with Crippen molar-refractivity contribution >= 4 is 17.8 Å². The highest BCUT2D eigenvalue weighted by molar-refractivity contribution is 5.89. The van der Waals surface area contributed by atoms with Crippen LogP contribution in [-0.4, -0.2) is 37.0 Å². The molecule has 0 heterocycles. The fraction of sp³-hybridized carbons (Fsp3) is 0.900. The zero-order valence-electron chi connectivity index (χ0n) is 24.1. The Kier molecular flexibility index (Phi) is 24.0. The summed E-state index contributed by atoms with van der Waals surface area (Å²) in [5.41, 5.74) is 0. The van der Waals surface area contributed by atoms with Crippen molar-refractivity contribution in [1.82, 2.24) is 10.6 Å². The van der Waals surface area contributed by atoms with Crippen LogP contribution in [0.2, 0.25) is 0 Å². The zero-order valence-corrected chi connectivity index (χ0v) is 24.1. The van der Waals surface area contributed by atoms with Crippen molar-refractivity contribution in [2.75, 3.05) is 13.2 Å². The first-order chi connectivity index (χ1) is 17.5. The maximum absolute atomic E-state index is 12.7. The van der Waals surface area contributed by atoms with Gasteiger partial charge < -0.3 is 15.4 Å². The number of nitrogens with one attached hydrogen (secondary N) is 2. The summed E-state index contributed by atoms with van der Waals surface area (Å²) in [5.74, 6) is -0.774. The topological polar surface area (TPSA) is 84.5 Å². The van der Waals surface area contributed by atoms with E-state index in [1.807, 2.05) is 13.8 Å². The van der Waals surface area contributed by atoms with Crippen molar-refractivity contribution in [3.63, 3.8) is 0 Å². The monoisotopic (exact) mass is 510 g/mol. The minimum Gasteiger partial charge on any atom is -0.466 e. The molecule has 0 aliphatic heterocycles. The van der Waals surface area contributed by atoms with Crippen LogP contribution < -0.4 is 10.6 Å². The minimum atomic E-state index is -0.564. The Morgan fingerprint density at radius 3 is 1.58 bits per heavy atom. The molecule has 0 unspecified atom stereocenters. The number of hydrogen-bond donors (Lipinski definition) is 2. The van der Waals surface area contributed by atoms with Crippen molar-refractivity contribution < 1.29 is 19.1 Å². The average Bonchev–Trinajstić information content (AvgIpc) is 2.87. The van der Waals surface area contributed by atoms with Crippen LogP contribution in [0.15, 0.2) is 0 Å². The third-order valence-electron chi connectivity index (χ3n) is 7.00. The molecule has 2 atom stereocenters. The first-order valence-electron chi connectivity index (χ1n) is 15.2. The van der Waals surface area contributed by atoms with Crippen LogP contribution in [0.1, 0.15) is 150 Å². The maximum Gasteiger partial charge on any atom is 0.306 e. The number of unbranched alkanes of at least 4 members (excludes halogenated alkanes) is 15. The van der Waals surface area contributed by atoms with E-state index >= 15 is 0 Å². The number of amides is 2. The predicted molar refractivity (Wildman–Crippen MR) is 150 cm³/mol. The molecular formula is C30H58N2O4. The molecule has 2 amide bonds. The number of ether oxygens (including phenoxy) is 1. The lowest BCUT2D eigenvalue weighted by molar-refractivity contribution is -0.144. The molecule has 0 aromatic rings. The summed E-state index contributed by atoms with van der Waals surface area (Å²) < 4.78 is 4.86. The normalized spacial score (nSPS) is 12.7. The van der Waals surface area contributed by atoms with Crippen LogP contribution >= 0.6 is 0 Å². The second kappa shape index (κ2) is 25.1. The molecule has 0 aromatic heterocycles. The molecule has 0 aliphatic carbocycles. The van der Waals surface area contributed by atoms with Gasteiger partial charge in [0.1, 0.15) is 6.04 Å². The molecule has 0 spiro atoms. The van der Waals surface area contributed by atoms with Crippen LogP contribution in [-0.2, 0) is 19.1 Å². The molecule has 2 N–H and O–H groups in total. The highest BCUT2D eigenvalue weighted by atomic mass is 16.5. The molecule has 0 radical (unpaired) electrons. The zero-order chi connectivity index (χ0) is 26.9. The number of rotatable bonds is 25. The van der Waals surface area contributed by atoms with Gasteiger partial charge in [-0.25, -0.2) is 0 Å². The van der Waals surface area contributed by atoms with Crippen molar-refractivity contribution in [1.29, 1.82) is 0 Å². The van der Waals surface area contributed by atoms with E-state index < -0.39 is 6.04 Å². The Hall–Kier alpha value is -1.59. The van der Waals surface area contributed by atoms with Crippen LogP contribution in [0.4, 0.5) is 0 Å². The van der Waals surface area contributed by atoms with E-state index in [0.29, 0.717) is 13.2 Å². The van der Waals surface area contributed by atoms with E-state index in [-0.39, 0.29) is 36.5 Å². The Bertz CT molecular complexity index is 553. The molecule has 0 fully saturated rings. The highest BCUT2D eigenvalue weighted by Gasteiger charge is 2.25. The van der Waals surface area contributed by atoms with Crippen LogP contribution in [0.25, 0.3) is 0 Å². The van der Waals surface area contributed by atoms with Gasteiger partial charge in [-0.05, 0) is 19.3 Å². The van der Waals surface area contributed by atoms with Crippen molar-refractivity contribution in [3.8, 4) is 0 Å². The molecule has 0 saturated carbocycles.